The van der Waals surface area contributed by atoms with Crippen molar-refractivity contribution in [3.63, 3.8) is 0 Å². The molecule has 0 saturated carbocycles. The fraction of sp³-hybridized carbons (Fsp3) is 0.280. The van der Waals surface area contributed by atoms with Gasteiger partial charge in [-0.25, -0.2) is 0 Å². The van der Waals surface area contributed by atoms with E-state index in [-0.39, 0.29) is 24.8 Å². The van der Waals surface area contributed by atoms with Crippen LogP contribution in [0.3, 0.4) is 0 Å². The molecule has 3 aromatic rings. The molecule has 0 spiro atoms. The minimum Gasteiger partial charge on any atom is -0.493 e. The zero-order valence-corrected chi connectivity index (χ0v) is 17.8. The van der Waals surface area contributed by atoms with Gasteiger partial charge in [-0.05, 0) is 46.0 Å². The van der Waals surface area contributed by atoms with Crippen molar-refractivity contribution in [3.05, 3.63) is 71.3 Å². The summed E-state index contributed by atoms with van der Waals surface area (Å²) in [7, 11) is 3.21. The van der Waals surface area contributed by atoms with E-state index in [2.05, 4.69) is 5.32 Å². The minimum atomic E-state index is -0.159. The molecule has 0 bridgehead atoms. The first-order valence-corrected chi connectivity index (χ1v) is 10.3. The Morgan fingerprint density at radius 2 is 1.68 bits per heavy atom. The number of carbonyl (C=O) groups is 2. The Balaban J connectivity index is 1.36. The van der Waals surface area contributed by atoms with Gasteiger partial charge in [0.25, 0.3) is 0 Å². The first-order chi connectivity index (χ1) is 15.1. The Kier molecular flexibility index (Phi) is 6.07. The van der Waals surface area contributed by atoms with E-state index in [1.165, 1.54) is 0 Å². The van der Waals surface area contributed by atoms with Gasteiger partial charge in [0.1, 0.15) is 0 Å². The van der Waals surface area contributed by atoms with Gasteiger partial charge >= 0.3 is 0 Å². The predicted octanol–water partition coefficient (Wildman–Crippen LogP) is 3.10. The summed E-state index contributed by atoms with van der Waals surface area (Å²) in [6.07, 6.45) is 0.986. The molecule has 0 atom stereocenters. The molecule has 4 rings (SSSR count). The number of nitrogens with one attached hydrogen (secondary N) is 1. The van der Waals surface area contributed by atoms with E-state index < -0.39 is 0 Å². The number of fused-ring (bicyclic) bond motifs is 2. The van der Waals surface area contributed by atoms with Crippen LogP contribution in [-0.2, 0) is 29.0 Å². The molecule has 0 saturated heterocycles. The topological polar surface area (TPSA) is 67.9 Å². The number of nitrogens with zero attached hydrogens (tertiary/aromatic N) is 1. The maximum atomic E-state index is 12.7. The summed E-state index contributed by atoms with van der Waals surface area (Å²) in [4.78, 5) is 27.0. The summed E-state index contributed by atoms with van der Waals surface area (Å²) >= 11 is 0. The lowest BCUT2D eigenvalue weighted by molar-refractivity contribution is -0.133. The van der Waals surface area contributed by atoms with Crippen LogP contribution in [0.25, 0.3) is 10.8 Å². The summed E-state index contributed by atoms with van der Waals surface area (Å²) in [5.41, 5.74) is 3.15. The van der Waals surface area contributed by atoms with Crippen LogP contribution < -0.4 is 14.8 Å². The highest BCUT2D eigenvalue weighted by atomic mass is 16.5. The van der Waals surface area contributed by atoms with Gasteiger partial charge in [-0.1, -0.05) is 42.5 Å². The monoisotopic (exact) mass is 418 g/mol. The third-order valence-corrected chi connectivity index (χ3v) is 5.74. The second-order valence-electron chi connectivity index (χ2n) is 7.63. The molecule has 3 aromatic carbocycles. The second kappa shape index (κ2) is 9.08. The highest BCUT2D eigenvalue weighted by Crippen LogP contribution is 2.33. The fourth-order valence-corrected chi connectivity index (χ4v) is 4.06. The molecule has 0 aromatic heterocycles. The standard InChI is InChI=1S/C25H26N2O4/c1-30-22-12-18-10-11-27(16-20(18)13-23(22)31-2)25(29)15-26-24(28)14-19-8-5-7-17-6-3-4-9-21(17)19/h3-9,12-13H,10-11,14-16H2,1-2H3,(H,26,28). The number of carbonyl (C=O) groups excluding carboxylic acids is 2. The summed E-state index contributed by atoms with van der Waals surface area (Å²) in [6.45, 7) is 1.10. The molecule has 1 aliphatic heterocycles. The number of hydrogen-bond donors (Lipinski definition) is 1. The Labute approximate surface area is 181 Å². The van der Waals surface area contributed by atoms with Crippen LogP contribution in [0.2, 0.25) is 0 Å². The van der Waals surface area contributed by atoms with Crippen LogP contribution in [0, 0.1) is 0 Å². The minimum absolute atomic E-state index is 0.00772. The van der Waals surface area contributed by atoms with Crippen molar-refractivity contribution in [2.24, 2.45) is 0 Å². The summed E-state index contributed by atoms with van der Waals surface area (Å²) in [6, 6.07) is 17.8. The number of benzene rings is 3. The van der Waals surface area contributed by atoms with Crippen LogP contribution in [0.15, 0.2) is 54.6 Å². The van der Waals surface area contributed by atoms with Crippen LogP contribution >= 0.6 is 0 Å². The van der Waals surface area contributed by atoms with E-state index in [4.69, 9.17) is 9.47 Å². The molecule has 1 aliphatic rings. The number of methoxy groups -OCH3 is 2. The van der Waals surface area contributed by atoms with E-state index in [1.54, 1.807) is 19.1 Å². The number of amides is 2. The molecule has 2 amide bonds. The molecule has 6 nitrogen and oxygen atoms in total. The van der Waals surface area contributed by atoms with Crippen molar-refractivity contribution in [3.8, 4) is 11.5 Å². The lowest BCUT2D eigenvalue weighted by atomic mass is 9.98. The van der Waals surface area contributed by atoms with Gasteiger partial charge in [0.15, 0.2) is 11.5 Å². The van der Waals surface area contributed by atoms with Crippen LogP contribution in [-0.4, -0.2) is 44.0 Å². The van der Waals surface area contributed by atoms with Crippen molar-refractivity contribution >= 4 is 22.6 Å². The molecular weight excluding hydrogens is 392 g/mol. The van der Waals surface area contributed by atoms with E-state index in [1.807, 2.05) is 54.6 Å². The largest absolute Gasteiger partial charge is 0.493 e. The van der Waals surface area contributed by atoms with E-state index in [0.717, 1.165) is 33.9 Å². The molecule has 0 aliphatic carbocycles. The lowest BCUT2D eigenvalue weighted by Gasteiger charge is -2.29. The zero-order valence-electron chi connectivity index (χ0n) is 17.8. The van der Waals surface area contributed by atoms with Gasteiger partial charge in [0, 0.05) is 13.1 Å². The SMILES string of the molecule is COc1cc2c(cc1OC)CN(C(=O)CNC(=O)Cc1cccc3ccccc13)CC2. The molecule has 31 heavy (non-hydrogen) atoms. The Morgan fingerprint density at radius 3 is 2.45 bits per heavy atom. The molecular formula is C25H26N2O4. The zero-order chi connectivity index (χ0) is 21.8. The van der Waals surface area contributed by atoms with Gasteiger partial charge in [-0.15, -0.1) is 0 Å². The van der Waals surface area contributed by atoms with Crippen LogP contribution in [0.1, 0.15) is 16.7 Å². The summed E-state index contributed by atoms with van der Waals surface area (Å²) in [5, 5.41) is 4.94. The smallest absolute Gasteiger partial charge is 0.242 e. The van der Waals surface area contributed by atoms with Crippen molar-refractivity contribution in [2.75, 3.05) is 27.3 Å². The van der Waals surface area contributed by atoms with Gasteiger partial charge in [0.2, 0.25) is 11.8 Å². The molecule has 160 valence electrons. The number of ether oxygens (including phenoxy) is 2. The summed E-state index contributed by atoms with van der Waals surface area (Å²) < 4.78 is 10.7. The van der Waals surface area contributed by atoms with Crippen LogP contribution in [0.5, 0.6) is 11.5 Å². The molecule has 1 heterocycles. The number of hydrogen-bond acceptors (Lipinski definition) is 4. The maximum absolute atomic E-state index is 12.7. The van der Waals surface area contributed by atoms with Gasteiger partial charge in [-0.2, -0.15) is 0 Å². The fourth-order valence-electron chi connectivity index (χ4n) is 4.06. The average molecular weight is 418 g/mol. The van der Waals surface area contributed by atoms with E-state index in [0.29, 0.717) is 24.6 Å². The quantitative estimate of drug-likeness (QED) is 0.668. The number of rotatable bonds is 6. The third kappa shape index (κ3) is 4.48. The molecule has 6 heteroatoms. The van der Waals surface area contributed by atoms with Crippen molar-refractivity contribution in [1.82, 2.24) is 10.2 Å². The second-order valence-corrected chi connectivity index (χ2v) is 7.63. The summed E-state index contributed by atoms with van der Waals surface area (Å²) in [5.74, 6) is 1.10. The highest BCUT2D eigenvalue weighted by Gasteiger charge is 2.23. The van der Waals surface area contributed by atoms with Gasteiger partial charge < -0.3 is 19.7 Å². The first-order valence-electron chi connectivity index (χ1n) is 10.3. The Morgan fingerprint density at radius 1 is 0.968 bits per heavy atom. The Bertz CT molecular complexity index is 1120. The lowest BCUT2D eigenvalue weighted by Crippen LogP contribution is -2.42. The molecule has 0 unspecified atom stereocenters. The maximum Gasteiger partial charge on any atom is 0.242 e. The molecule has 0 fully saturated rings. The highest BCUT2D eigenvalue weighted by molar-refractivity contribution is 5.91. The van der Waals surface area contributed by atoms with E-state index >= 15 is 0 Å². The van der Waals surface area contributed by atoms with Crippen molar-refractivity contribution in [2.45, 2.75) is 19.4 Å². The normalized spacial score (nSPS) is 12.9. The third-order valence-electron chi connectivity index (χ3n) is 5.74. The van der Waals surface area contributed by atoms with E-state index in [9.17, 15) is 9.59 Å². The van der Waals surface area contributed by atoms with Crippen LogP contribution in [0.4, 0.5) is 0 Å². The van der Waals surface area contributed by atoms with Crippen molar-refractivity contribution < 1.29 is 19.1 Å². The first kappa shape index (κ1) is 20.7. The Hall–Kier alpha value is -3.54. The van der Waals surface area contributed by atoms with Gasteiger partial charge in [-0.3, -0.25) is 9.59 Å². The molecule has 0 radical (unpaired) electrons. The predicted molar refractivity (Wildman–Crippen MR) is 119 cm³/mol. The van der Waals surface area contributed by atoms with Gasteiger partial charge in [0.05, 0.1) is 27.2 Å². The molecule has 1 N–H and O–H groups in total. The van der Waals surface area contributed by atoms with Crippen molar-refractivity contribution in [1.29, 1.82) is 0 Å². The average Bonchev–Trinajstić information content (AvgIpc) is 2.81.